The molecule has 1 fully saturated rings. The lowest BCUT2D eigenvalue weighted by Gasteiger charge is -2.20. The molecule has 1 atom stereocenters. The molecule has 0 aromatic carbocycles. The van der Waals surface area contributed by atoms with Crippen LogP contribution >= 0.6 is 0 Å². The van der Waals surface area contributed by atoms with Crippen LogP contribution in [0.5, 0.6) is 0 Å². The van der Waals surface area contributed by atoms with Crippen molar-refractivity contribution in [3.05, 3.63) is 29.0 Å². The summed E-state index contributed by atoms with van der Waals surface area (Å²) in [7, 11) is 0. The van der Waals surface area contributed by atoms with Crippen LogP contribution in [0.2, 0.25) is 0 Å². The Kier molecular flexibility index (Phi) is 3.70. The third-order valence-corrected chi connectivity index (χ3v) is 4.80. The first kappa shape index (κ1) is 13.9. The number of H-pyrrole nitrogens is 1. The molecule has 0 saturated carbocycles. The van der Waals surface area contributed by atoms with Gasteiger partial charge in [0.25, 0.3) is 0 Å². The molecule has 118 valence electrons. The van der Waals surface area contributed by atoms with Crippen molar-refractivity contribution < 1.29 is 4.42 Å². The predicted molar refractivity (Wildman–Crippen MR) is 81.3 cm³/mol. The van der Waals surface area contributed by atoms with Crippen LogP contribution in [0.25, 0.3) is 0 Å². The zero-order chi connectivity index (χ0) is 14.9. The summed E-state index contributed by atoms with van der Waals surface area (Å²) in [4.78, 5) is 10.9. The Bertz CT molecular complexity index is 623. The van der Waals surface area contributed by atoms with Gasteiger partial charge in [0.1, 0.15) is 5.82 Å². The van der Waals surface area contributed by atoms with Crippen LogP contribution in [0.15, 0.2) is 4.42 Å². The van der Waals surface area contributed by atoms with E-state index in [1.165, 1.54) is 30.7 Å². The molecule has 3 heterocycles. The van der Waals surface area contributed by atoms with Crippen molar-refractivity contribution in [2.45, 2.75) is 64.5 Å². The number of imidazole rings is 1. The number of nitrogens with one attached hydrogen (secondary N) is 1. The minimum Gasteiger partial charge on any atom is -0.424 e. The molecule has 0 radical (unpaired) electrons. The second kappa shape index (κ2) is 5.83. The number of aromatic nitrogens is 4. The third-order valence-electron chi connectivity index (χ3n) is 4.80. The molecule has 4 rings (SSSR count). The zero-order valence-corrected chi connectivity index (χ0v) is 13.1. The van der Waals surface area contributed by atoms with Crippen LogP contribution in [0.4, 0.5) is 0 Å². The molecule has 1 saturated heterocycles. The maximum Gasteiger partial charge on any atom is 0.230 e. The van der Waals surface area contributed by atoms with E-state index in [-0.39, 0.29) is 0 Å². The Morgan fingerprint density at radius 1 is 1.18 bits per heavy atom. The first-order chi connectivity index (χ1) is 10.8. The van der Waals surface area contributed by atoms with Crippen LogP contribution in [0.1, 0.15) is 67.6 Å². The van der Waals surface area contributed by atoms with Gasteiger partial charge >= 0.3 is 0 Å². The maximum absolute atomic E-state index is 5.67. The molecule has 1 N–H and O–H groups in total. The largest absolute Gasteiger partial charge is 0.424 e. The van der Waals surface area contributed by atoms with Crippen molar-refractivity contribution in [2.24, 2.45) is 0 Å². The third kappa shape index (κ3) is 2.56. The lowest BCUT2D eigenvalue weighted by atomic mass is 10.0. The highest BCUT2D eigenvalue weighted by Gasteiger charge is 2.30. The van der Waals surface area contributed by atoms with E-state index in [2.05, 4.69) is 20.1 Å². The summed E-state index contributed by atoms with van der Waals surface area (Å²) in [6.45, 7) is 3.83. The summed E-state index contributed by atoms with van der Waals surface area (Å²) < 4.78 is 5.67. The van der Waals surface area contributed by atoms with Crippen molar-refractivity contribution in [1.82, 2.24) is 25.1 Å². The Morgan fingerprint density at radius 3 is 2.86 bits per heavy atom. The molecule has 0 spiro atoms. The van der Waals surface area contributed by atoms with Gasteiger partial charge in [0.2, 0.25) is 11.8 Å². The SMILES string of the molecule is CCc1nnc(CN2CCC[C@@H]2c2nc3c([nH]2)CCCC3)o1. The summed E-state index contributed by atoms with van der Waals surface area (Å²) in [5, 5.41) is 8.22. The topological polar surface area (TPSA) is 70.8 Å². The summed E-state index contributed by atoms with van der Waals surface area (Å²) >= 11 is 0. The fourth-order valence-electron chi connectivity index (χ4n) is 3.63. The number of likely N-dealkylation sites (tertiary alicyclic amines) is 1. The quantitative estimate of drug-likeness (QED) is 0.939. The van der Waals surface area contributed by atoms with Gasteiger partial charge in [0.05, 0.1) is 18.3 Å². The first-order valence-electron chi connectivity index (χ1n) is 8.46. The monoisotopic (exact) mass is 301 g/mol. The van der Waals surface area contributed by atoms with Gasteiger partial charge in [-0.05, 0) is 45.1 Å². The number of nitrogens with zero attached hydrogens (tertiary/aromatic N) is 4. The van der Waals surface area contributed by atoms with E-state index < -0.39 is 0 Å². The number of fused-ring (bicyclic) bond motifs is 1. The Balaban J connectivity index is 1.51. The number of aryl methyl sites for hydroxylation is 3. The second-order valence-corrected chi connectivity index (χ2v) is 6.33. The zero-order valence-electron chi connectivity index (χ0n) is 13.1. The average molecular weight is 301 g/mol. The summed E-state index contributed by atoms with van der Waals surface area (Å²) in [6.07, 6.45) is 7.98. The molecule has 0 unspecified atom stereocenters. The molecule has 22 heavy (non-hydrogen) atoms. The second-order valence-electron chi connectivity index (χ2n) is 6.33. The molecule has 0 amide bonds. The Hall–Kier alpha value is -1.69. The summed E-state index contributed by atoms with van der Waals surface area (Å²) in [5.74, 6) is 2.58. The lowest BCUT2D eigenvalue weighted by Crippen LogP contribution is -2.23. The predicted octanol–water partition coefficient (Wildman–Crippen LogP) is 2.57. The lowest BCUT2D eigenvalue weighted by molar-refractivity contribution is 0.215. The average Bonchev–Trinajstić information content (AvgIpc) is 3.25. The molecule has 2 aromatic heterocycles. The van der Waals surface area contributed by atoms with E-state index in [1.54, 1.807) is 0 Å². The molecule has 1 aliphatic carbocycles. The fraction of sp³-hybridized carbons (Fsp3) is 0.688. The molecule has 2 aromatic rings. The highest BCUT2D eigenvalue weighted by atomic mass is 16.4. The van der Waals surface area contributed by atoms with E-state index in [9.17, 15) is 0 Å². The maximum atomic E-state index is 5.67. The standard InChI is InChI=1S/C16H23N5O/c1-2-14-19-20-15(22-14)10-21-9-5-8-13(21)16-17-11-6-3-4-7-12(11)18-16/h13H,2-10H2,1H3,(H,17,18)/t13-/m1/s1. The van der Waals surface area contributed by atoms with Gasteiger partial charge in [0.15, 0.2) is 0 Å². The van der Waals surface area contributed by atoms with Crippen molar-refractivity contribution >= 4 is 0 Å². The summed E-state index contributed by atoms with van der Waals surface area (Å²) in [6, 6.07) is 0.363. The first-order valence-corrected chi connectivity index (χ1v) is 8.46. The van der Waals surface area contributed by atoms with Crippen molar-refractivity contribution in [3.8, 4) is 0 Å². The van der Waals surface area contributed by atoms with Gasteiger partial charge in [-0.3, -0.25) is 4.90 Å². The van der Waals surface area contributed by atoms with Gasteiger partial charge in [-0.25, -0.2) is 4.98 Å². The van der Waals surface area contributed by atoms with Crippen molar-refractivity contribution in [3.63, 3.8) is 0 Å². The van der Waals surface area contributed by atoms with E-state index in [4.69, 9.17) is 9.40 Å². The number of hydrogen-bond acceptors (Lipinski definition) is 5. The van der Waals surface area contributed by atoms with Crippen LogP contribution in [0.3, 0.4) is 0 Å². The van der Waals surface area contributed by atoms with Gasteiger partial charge in [0, 0.05) is 12.1 Å². The fourth-order valence-corrected chi connectivity index (χ4v) is 3.63. The Labute approximate surface area is 130 Å². The molecule has 2 aliphatic rings. The normalized spacial score (nSPS) is 22.1. The molecule has 1 aliphatic heterocycles. The van der Waals surface area contributed by atoms with Gasteiger partial charge < -0.3 is 9.40 Å². The highest BCUT2D eigenvalue weighted by Crippen LogP contribution is 2.33. The van der Waals surface area contributed by atoms with Crippen LogP contribution < -0.4 is 0 Å². The van der Waals surface area contributed by atoms with Crippen molar-refractivity contribution in [2.75, 3.05) is 6.54 Å². The van der Waals surface area contributed by atoms with Gasteiger partial charge in [-0.15, -0.1) is 10.2 Å². The molecular weight excluding hydrogens is 278 g/mol. The minimum absolute atomic E-state index is 0.363. The van der Waals surface area contributed by atoms with Crippen LogP contribution in [0, 0.1) is 0 Å². The van der Waals surface area contributed by atoms with E-state index in [0.717, 1.165) is 56.4 Å². The van der Waals surface area contributed by atoms with Gasteiger partial charge in [-0.1, -0.05) is 6.92 Å². The number of hydrogen-bond donors (Lipinski definition) is 1. The highest BCUT2D eigenvalue weighted by molar-refractivity contribution is 5.19. The van der Waals surface area contributed by atoms with Crippen molar-refractivity contribution in [1.29, 1.82) is 0 Å². The van der Waals surface area contributed by atoms with Crippen LogP contribution in [-0.2, 0) is 25.8 Å². The molecular formula is C16H23N5O. The van der Waals surface area contributed by atoms with E-state index >= 15 is 0 Å². The number of rotatable bonds is 4. The molecule has 0 bridgehead atoms. The Morgan fingerprint density at radius 2 is 2.05 bits per heavy atom. The number of aromatic amines is 1. The minimum atomic E-state index is 0.363. The van der Waals surface area contributed by atoms with E-state index in [0.29, 0.717) is 6.04 Å². The van der Waals surface area contributed by atoms with E-state index in [1.807, 2.05) is 6.92 Å². The molecule has 6 heteroatoms. The van der Waals surface area contributed by atoms with Gasteiger partial charge in [-0.2, -0.15) is 0 Å². The summed E-state index contributed by atoms with van der Waals surface area (Å²) in [5.41, 5.74) is 2.65. The van der Waals surface area contributed by atoms with Crippen LogP contribution in [-0.4, -0.2) is 31.6 Å². The smallest absolute Gasteiger partial charge is 0.230 e. The molecule has 6 nitrogen and oxygen atoms in total.